The highest BCUT2D eigenvalue weighted by molar-refractivity contribution is 5.94. The number of alkyl halides is 3. The molecule has 9 heteroatoms. The van der Waals surface area contributed by atoms with Crippen molar-refractivity contribution in [2.75, 3.05) is 13.7 Å². The number of esters is 1. The number of likely N-dealkylation sites (tertiary alicyclic amines) is 1. The van der Waals surface area contributed by atoms with E-state index in [1.807, 2.05) is 0 Å². The Bertz CT molecular complexity index is 898. The van der Waals surface area contributed by atoms with Gasteiger partial charge in [-0.05, 0) is 48.4 Å². The number of nitrogens with zero attached hydrogens (tertiary/aromatic N) is 1. The zero-order chi connectivity index (χ0) is 21.9. The maximum Gasteiger partial charge on any atom is 0.416 e. The molecular formula is C21H20F4N2O3. The van der Waals surface area contributed by atoms with E-state index in [1.165, 1.54) is 43.5 Å². The third-order valence-electron chi connectivity index (χ3n) is 4.99. The van der Waals surface area contributed by atoms with Crippen LogP contribution in [-0.2, 0) is 22.3 Å². The minimum Gasteiger partial charge on any atom is -0.468 e. The zero-order valence-corrected chi connectivity index (χ0v) is 16.1. The molecule has 1 heterocycles. The summed E-state index contributed by atoms with van der Waals surface area (Å²) in [6.07, 6.45) is -4.13. The molecular weight excluding hydrogens is 404 g/mol. The van der Waals surface area contributed by atoms with E-state index in [0.717, 1.165) is 12.1 Å². The van der Waals surface area contributed by atoms with E-state index in [0.29, 0.717) is 18.5 Å². The van der Waals surface area contributed by atoms with Crippen molar-refractivity contribution in [3.8, 4) is 0 Å². The number of hydrogen-bond acceptors (Lipinski definition) is 4. The van der Waals surface area contributed by atoms with Crippen LogP contribution in [0.15, 0.2) is 48.5 Å². The number of carbonyl (C=O) groups is 2. The molecule has 160 valence electrons. The van der Waals surface area contributed by atoms with Gasteiger partial charge in [-0.15, -0.1) is 0 Å². The second-order valence-corrected chi connectivity index (χ2v) is 7.08. The summed E-state index contributed by atoms with van der Waals surface area (Å²) in [5.41, 5.74) is 0.135. The lowest BCUT2D eigenvalue weighted by molar-refractivity contribution is -0.146. The number of halogens is 4. The van der Waals surface area contributed by atoms with Crippen LogP contribution >= 0.6 is 0 Å². The largest absolute Gasteiger partial charge is 0.468 e. The van der Waals surface area contributed by atoms with Crippen LogP contribution in [0.4, 0.5) is 17.6 Å². The molecule has 3 rings (SSSR count). The molecule has 1 N–H and O–H groups in total. The molecule has 0 aliphatic carbocycles. The van der Waals surface area contributed by atoms with Crippen LogP contribution in [-0.4, -0.2) is 42.5 Å². The highest BCUT2D eigenvalue weighted by atomic mass is 19.4. The SMILES string of the molecule is COC(=O)[C@@H]1C[C@H](NC(=O)c2ccc(F)cc2)CN1Cc1ccc(C(F)(F)F)cc1. The molecule has 2 aromatic rings. The molecule has 1 saturated heterocycles. The first-order valence-corrected chi connectivity index (χ1v) is 9.22. The van der Waals surface area contributed by atoms with Crippen LogP contribution in [0, 0.1) is 5.82 Å². The van der Waals surface area contributed by atoms with Crippen molar-refractivity contribution < 1.29 is 31.9 Å². The quantitative estimate of drug-likeness (QED) is 0.591. The van der Waals surface area contributed by atoms with Crippen molar-refractivity contribution in [2.24, 2.45) is 0 Å². The fraction of sp³-hybridized carbons (Fsp3) is 0.333. The Morgan fingerprint density at radius 1 is 1.10 bits per heavy atom. The fourth-order valence-electron chi connectivity index (χ4n) is 3.47. The first-order chi connectivity index (χ1) is 14.2. The number of carbonyl (C=O) groups excluding carboxylic acids is 2. The standard InChI is InChI=1S/C21H20F4N2O3/c1-30-20(29)18-10-17(26-19(28)14-4-8-16(22)9-5-14)12-27(18)11-13-2-6-15(7-3-13)21(23,24)25/h2-9,17-18H,10-12H2,1H3,(H,26,28)/t17-,18-/m0/s1. The minimum atomic E-state index is -4.42. The first kappa shape index (κ1) is 21.8. The highest BCUT2D eigenvalue weighted by Crippen LogP contribution is 2.30. The molecule has 5 nitrogen and oxygen atoms in total. The van der Waals surface area contributed by atoms with E-state index in [1.54, 1.807) is 4.90 Å². The Labute approximate surface area is 170 Å². The van der Waals surface area contributed by atoms with Gasteiger partial charge in [-0.25, -0.2) is 4.39 Å². The van der Waals surface area contributed by atoms with E-state index in [-0.39, 0.29) is 18.2 Å². The average molecular weight is 424 g/mol. The van der Waals surface area contributed by atoms with Crippen LogP contribution in [0.1, 0.15) is 27.9 Å². The number of ether oxygens (including phenoxy) is 1. The molecule has 0 saturated carbocycles. The van der Waals surface area contributed by atoms with E-state index < -0.39 is 35.5 Å². The van der Waals surface area contributed by atoms with Gasteiger partial charge in [0.05, 0.1) is 12.7 Å². The molecule has 30 heavy (non-hydrogen) atoms. The highest BCUT2D eigenvalue weighted by Gasteiger charge is 2.38. The smallest absolute Gasteiger partial charge is 0.416 e. The summed E-state index contributed by atoms with van der Waals surface area (Å²) >= 11 is 0. The van der Waals surface area contributed by atoms with Gasteiger partial charge in [0.25, 0.3) is 5.91 Å². The summed E-state index contributed by atoms with van der Waals surface area (Å²) in [6.45, 7) is 0.536. The van der Waals surface area contributed by atoms with Crippen molar-refractivity contribution in [1.82, 2.24) is 10.2 Å². The topological polar surface area (TPSA) is 58.6 Å². The van der Waals surface area contributed by atoms with E-state index in [2.05, 4.69) is 5.32 Å². The normalized spacial score (nSPS) is 19.5. The lowest BCUT2D eigenvalue weighted by atomic mass is 10.1. The predicted octanol–water partition coefficient (Wildman–Crippen LogP) is 3.39. The monoisotopic (exact) mass is 424 g/mol. The van der Waals surface area contributed by atoms with Gasteiger partial charge >= 0.3 is 12.1 Å². The Morgan fingerprint density at radius 3 is 2.30 bits per heavy atom. The van der Waals surface area contributed by atoms with Crippen molar-refractivity contribution in [2.45, 2.75) is 31.2 Å². The molecule has 1 amide bonds. The van der Waals surface area contributed by atoms with E-state index in [4.69, 9.17) is 4.74 Å². The van der Waals surface area contributed by atoms with E-state index >= 15 is 0 Å². The summed E-state index contributed by atoms with van der Waals surface area (Å²) in [7, 11) is 1.25. The van der Waals surface area contributed by atoms with Crippen molar-refractivity contribution >= 4 is 11.9 Å². The number of amides is 1. The lowest BCUT2D eigenvalue weighted by Crippen LogP contribution is -2.37. The summed E-state index contributed by atoms with van der Waals surface area (Å²) < 4.78 is 56.1. The number of rotatable bonds is 5. The Kier molecular flexibility index (Phi) is 6.40. The molecule has 0 unspecified atom stereocenters. The average Bonchev–Trinajstić information content (AvgIpc) is 3.09. The summed E-state index contributed by atoms with van der Waals surface area (Å²) in [4.78, 5) is 26.3. The van der Waals surface area contributed by atoms with Gasteiger partial charge in [0, 0.05) is 24.7 Å². The van der Waals surface area contributed by atoms with E-state index in [9.17, 15) is 27.2 Å². The summed E-state index contributed by atoms with van der Waals surface area (Å²) in [5.74, 6) is -1.35. The Morgan fingerprint density at radius 2 is 1.73 bits per heavy atom. The zero-order valence-electron chi connectivity index (χ0n) is 16.1. The molecule has 0 bridgehead atoms. The van der Waals surface area contributed by atoms with Gasteiger partial charge in [-0.3, -0.25) is 14.5 Å². The molecule has 1 fully saturated rings. The molecule has 0 spiro atoms. The summed E-state index contributed by atoms with van der Waals surface area (Å²) in [6, 6.07) is 8.77. The first-order valence-electron chi connectivity index (χ1n) is 9.22. The molecule has 1 aliphatic rings. The van der Waals surface area contributed by atoms with Crippen molar-refractivity contribution in [3.63, 3.8) is 0 Å². The fourth-order valence-corrected chi connectivity index (χ4v) is 3.47. The molecule has 1 aliphatic heterocycles. The van der Waals surface area contributed by atoms with Crippen LogP contribution in [0.3, 0.4) is 0 Å². The molecule has 2 atom stereocenters. The van der Waals surface area contributed by atoms with Gasteiger partial charge in [0.15, 0.2) is 0 Å². The minimum absolute atomic E-state index is 0.223. The summed E-state index contributed by atoms with van der Waals surface area (Å²) in [5, 5.41) is 2.81. The number of methoxy groups -OCH3 is 1. The van der Waals surface area contributed by atoms with Gasteiger partial charge < -0.3 is 10.1 Å². The maximum atomic E-state index is 13.0. The molecule has 0 aromatic heterocycles. The molecule has 2 aromatic carbocycles. The van der Waals surface area contributed by atoms with Gasteiger partial charge in [-0.2, -0.15) is 13.2 Å². The Hall–Kier alpha value is -2.94. The van der Waals surface area contributed by atoms with Crippen LogP contribution in [0.2, 0.25) is 0 Å². The second kappa shape index (κ2) is 8.83. The number of benzene rings is 2. The second-order valence-electron chi connectivity index (χ2n) is 7.08. The predicted molar refractivity (Wildman–Crippen MR) is 99.9 cm³/mol. The Balaban J connectivity index is 1.69. The van der Waals surface area contributed by atoms with Gasteiger partial charge in [-0.1, -0.05) is 12.1 Å². The van der Waals surface area contributed by atoms with Gasteiger partial charge in [0.1, 0.15) is 11.9 Å². The third kappa shape index (κ3) is 5.15. The van der Waals surface area contributed by atoms with Crippen LogP contribution < -0.4 is 5.32 Å². The van der Waals surface area contributed by atoms with Crippen molar-refractivity contribution in [1.29, 1.82) is 0 Å². The lowest BCUT2D eigenvalue weighted by Gasteiger charge is -2.22. The number of hydrogen-bond donors (Lipinski definition) is 1. The van der Waals surface area contributed by atoms with Crippen LogP contribution in [0.25, 0.3) is 0 Å². The maximum absolute atomic E-state index is 13.0. The number of nitrogens with one attached hydrogen (secondary N) is 1. The van der Waals surface area contributed by atoms with Crippen LogP contribution in [0.5, 0.6) is 0 Å². The third-order valence-corrected chi connectivity index (χ3v) is 4.99. The van der Waals surface area contributed by atoms with Gasteiger partial charge in [0.2, 0.25) is 0 Å². The molecule has 0 radical (unpaired) electrons. The van der Waals surface area contributed by atoms with Crippen molar-refractivity contribution in [3.05, 3.63) is 71.0 Å².